The molecular weight excluding hydrogens is 370 g/mol. The number of methoxy groups -OCH3 is 1. The summed E-state index contributed by atoms with van der Waals surface area (Å²) in [4.78, 5) is 20.8. The lowest BCUT2D eigenvalue weighted by Crippen LogP contribution is -2.44. The van der Waals surface area contributed by atoms with Crippen LogP contribution >= 0.6 is 0 Å². The standard InChI is InChI=1S/C21H27N5O3/c1-28-18-11-15(3-4-16(18)25-19-6-8-23-21(22)26-19)20(27)24-12-13-2-5-17-14(10-13)7-9-29-17/h2,5-6,8,10,15-16,18H,3-4,7,9,11-12H2,1H3,(H,24,27)(H3,22,23,25,26)/t15-,16-,18-/m0/s1. The van der Waals surface area contributed by atoms with Gasteiger partial charge >= 0.3 is 0 Å². The molecule has 0 spiro atoms. The van der Waals surface area contributed by atoms with Gasteiger partial charge in [-0.05, 0) is 42.5 Å². The molecule has 1 saturated carbocycles. The van der Waals surface area contributed by atoms with Gasteiger partial charge in [-0.25, -0.2) is 4.98 Å². The lowest BCUT2D eigenvalue weighted by atomic mass is 9.83. The van der Waals surface area contributed by atoms with E-state index in [1.165, 1.54) is 5.56 Å². The number of benzene rings is 1. The SMILES string of the molecule is CO[C@H]1C[C@@H](C(=O)NCc2ccc3c(c2)CCO3)CC[C@@H]1Nc1ccnc(N)n1. The van der Waals surface area contributed by atoms with Crippen molar-refractivity contribution < 1.29 is 14.3 Å². The second-order valence-corrected chi connectivity index (χ2v) is 7.59. The molecule has 1 aliphatic heterocycles. The van der Waals surface area contributed by atoms with Crippen LogP contribution in [0.25, 0.3) is 0 Å². The molecule has 154 valence electrons. The highest BCUT2D eigenvalue weighted by Crippen LogP contribution is 2.29. The highest BCUT2D eigenvalue weighted by atomic mass is 16.5. The average molecular weight is 397 g/mol. The third-order valence-electron chi connectivity index (χ3n) is 5.69. The molecule has 4 N–H and O–H groups in total. The average Bonchev–Trinajstić information content (AvgIpc) is 3.20. The third kappa shape index (κ3) is 4.59. The van der Waals surface area contributed by atoms with Crippen LogP contribution in [0.15, 0.2) is 30.5 Å². The number of amides is 1. The summed E-state index contributed by atoms with van der Waals surface area (Å²) in [5.74, 6) is 1.88. The summed E-state index contributed by atoms with van der Waals surface area (Å²) >= 11 is 0. The number of carbonyl (C=O) groups is 1. The number of rotatable bonds is 6. The highest BCUT2D eigenvalue weighted by molar-refractivity contribution is 5.78. The van der Waals surface area contributed by atoms with Crippen LogP contribution in [0, 0.1) is 5.92 Å². The molecule has 29 heavy (non-hydrogen) atoms. The van der Waals surface area contributed by atoms with Gasteiger partial charge in [0.25, 0.3) is 0 Å². The van der Waals surface area contributed by atoms with Crippen molar-refractivity contribution in [3.63, 3.8) is 0 Å². The molecule has 2 heterocycles. The Hall–Kier alpha value is -2.87. The second kappa shape index (κ2) is 8.65. The number of hydrogen-bond acceptors (Lipinski definition) is 7. The van der Waals surface area contributed by atoms with Gasteiger partial charge in [0.1, 0.15) is 11.6 Å². The van der Waals surface area contributed by atoms with E-state index in [1.54, 1.807) is 19.4 Å². The Kier molecular flexibility index (Phi) is 5.80. The molecule has 0 radical (unpaired) electrons. The summed E-state index contributed by atoms with van der Waals surface area (Å²) in [6, 6.07) is 7.98. The molecule has 4 rings (SSSR count). The lowest BCUT2D eigenvalue weighted by Gasteiger charge is -2.35. The minimum Gasteiger partial charge on any atom is -0.493 e. The Morgan fingerprint density at radius 3 is 3.07 bits per heavy atom. The smallest absolute Gasteiger partial charge is 0.223 e. The van der Waals surface area contributed by atoms with Gasteiger partial charge < -0.3 is 25.8 Å². The van der Waals surface area contributed by atoms with Crippen molar-refractivity contribution in [1.82, 2.24) is 15.3 Å². The zero-order chi connectivity index (χ0) is 20.2. The van der Waals surface area contributed by atoms with Gasteiger partial charge in [-0.15, -0.1) is 0 Å². The number of anilines is 2. The molecule has 3 atom stereocenters. The quantitative estimate of drug-likeness (QED) is 0.683. The van der Waals surface area contributed by atoms with Crippen molar-refractivity contribution in [3.8, 4) is 5.75 Å². The first-order valence-corrected chi connectivity index (χ1v) is 10.0. The van der Waals surface area contributed by atoms with Crippen LogP contribution in [0.4, 0.5) is 11.8 Å². The number of fused-ring (bicyclic) bond motifs is 1. The number of aromatic nitrogens is 2. The van der Waals surface area contributed by atoms with Crippen molar-refractivity contribution >= 4 is 17.7 Å². The fraction of sp³-hybridized carbons (Fsp3) is 0.476. The van der Waals surface area contributed by atoms with Crippen LogP contribution in [0.3, 0.4) is 0 Å². The van der Waals surface area contributed by atoms with E-state index in [2.05, 4.69) is 26.7 Å². The van der Waals surface area contributed by atoms with Crippen molar-refractivity contribution in [1.29, 1.82) is 0 Å². The number of ether oxygens (including phenoxy) is 2. The molecule has 0 unspecified atom stereocenters. The van der Waals surface area contributed by atoms with Crippen LogP contribution in [0.2, 0.25) is 0 Å². The number of nitrogens with two attached hydrogens (primary N) is 1. The molecule has 2 aromatic rings. The van der Waals surface area contributed by atoms with Crippen LogP contribution in [0.1, 0.15) is 30.4 Å². The molecule has 1 amide bonds. The Morgan fingerprint density at radius 1 is 1.34 bits per heavy atom. The number of nitrogens with zero attached hydrogens (tertiary/aromatic N) is 2. The topological polar surface area (TPSA) is 111 Å². The zero-order valence-electron chi connectivity index (χ0n) is 16.6. The number of carbonyl (C=O) groups excluding carboxylic acids is 1. The Labute approximate surface area is 170 Å². The third-order valence-corrected chi connectivity index (χ3v) is 5.69. The molecule has 1 aromatic carbocycles. The highest BCUT2D eigenvalue weighted by Gasteiger charge is 2.34. The number of nitrogen functional groups attached to an aromatic ring is 1. The molecule has 1 aliphatic carbocycles. The van der Waals surface area contributed by atoms with Gasteiger partial charge in [-0.3, -0.25) is 4.79 Å². The number of hydrogen-bond donors (Lipinski definition) is 3. The molecule has 0 bridgehead atoms. The van der Waals surface area contributed by atoms with E-state index in [0.29, 0.717) is 18.8 Å². The summed E-state index contributed by atoms with van der Waals surface area (Å²) in [6.07, 6.45) is 4.75. The van der Waals surface area contributed by atoms with Gasteiger partial charge in [0.05, 0.1) is 18.8 Å². The van der Waals surface area contributed by atoms with E-state index in [-0.39, 0.29) is 29.9 Å². The van der Waals surface area contributed by atoms with E-state index >= 15 is 0 Å². The van der Waals surface area contributed by atoms with Crippen LogP contribution in [0.5, 0.6) is 5.75 Å². The van der Waals surface area contributed by atoms with Crippen molar-refractivity contribution in [3.05, 3.63) is 41.6 Å². The van der Waals surface area contributed by atoms with Gasteiger partial charge in [-0.1, -0.05) is 12.1 Å². The van der Waals surface area contributed by atoms with E-state index < -0.39 is 0 Å². The van der Waals surface area contributed by atoms with Gasteiger partial charge in [-0.2, -0.15) is 4.98 Å². The van der Waals surface area contributed by atoms with Crippen molar-refractivity contribution in [2.24, 2.45) is 5.92 Å². The molecule has 2 aliphatic rings. The summed E-state index contributed by atoms with van der Waals surface area (Å²) in [5.41, 5.74) is 7.97. The molecule has 8 nitrogen and oxygen atoms in total. The monoisotopic (exact) mass is 397 g/mol. The van der Waals surface area contributed by atoms with Crippen LogP contribution in [-0.2, 0) is 22.5 Å². The van der Waals surface area contributed by atoms with E-state index in [1.807, 2.05) is 12.1 Å². The molecule has 0 saturated heterocycles. The van der Waals surface area contributed by atoms with E-state index in [0.717, 1.165) is 37.2 Å². The second-order valence-electron chi connectivity index (χ2n) is 7.59. The maximum absolute atomic E-state index is 12.7. The van der Waals surface area contributed by atoms with E-state index in [4.69, 9.17) is 15.2 Å². The minimum atomic E-state index is -0.0761. The first kappa shape index (κ1) is 19.4. The van der Waals surface area contributed by atoms with Crippen LogP contribution in [-0.4, -0.2) is 41.7 Å². The van der Waals surface area contributed by atoms with E-state index in [9.17, 15) is 4.79 Å². The van der Waals surface area contributed by atoms with Crippen LogP contribution < -0.4 is 21.1 Å². The first-order valence-electron chi connectivity index (χ1n) is 10.0. The summed E-state index contributed by atoms with van der Waals surface area (Å²) in [5, 5.41) is 6.45. The fourth-order valence-corrected chi connectivity index (χ4v) is 4.12. The lowest BCUT2D eigenvalue weighted by molar-refractivity contribution is -0.127. The van der Waals surface area contributed by atoms with Gasteiger partial charge in [0, 0.05) is 32.2 Å². The van der Waals surface area contributed by atoms with Gasteiger partial charge in [0.15, 0.2) is 0 Å². The van der Waals surface area contributed by atoms with Crippen molar-refractivity contribution in [2.45, 2.75) is 44.4 Å². The largest absolute Gasteiger partial charge is 0.493 e. The normalized spacial score (nSPS) is 23.1. The van der Waals surface area contributed by atoms with Gasteiger partial charge in [0.2, 0.25) is 11.9 Å². The molecule has 1 aromatic heterocycles. The van der Waals surface area contributed by atoms with Crippen molar-refractivity contribution in [2.75, 3.05) is 24.8 Å². The first-order chi connectivity index (χ1) is 14.1. The Morgan fingerprint density at radius 2 is 2.24 bits per heavy atom. The fourth-order valence-electron chi connectivity index (χ4n) is 4.12. The summed E-state index contributed by atoms with van der Waals surface area (Å²) in [6.45, 7) is 1.27. The predicted octanol–water partition coefficient (Wildman–Crippen LogP) is 1.91. The maximum atomic E-state index is 12.7. The summed E-state index contributed by atoms with van der Waals surface area (Å²) < 4.78 is 11.2. The zero-order valence-corrected chi connectivity index (χ0v) is 16.6. The molecule has 1 fully saturated rings. The molecular formula is C21H27N5O3. The Balaban J connectivity index is 1.31. The Bertz CT molecular complexity index is 875. The maximum Gasteiger partial charge on any atom is 0.223 e. The number of nitrogens with one attached hydrogen (secondary N) is 2. The predicted molar refractivity (Wildman–Crippen MR) is 109 cm³/mol. The summed E-state index contributed by atoms with van der Waals surface area (Å²) in [7, 11) is 1.68. The minimum absolute atomic E-state index is 0.0637. The molecule has 8 heteroatoms.